The molecule has 1 aromatic heterocycles. The van der Waals surface area contributed by atoms with E-state index < -0.39 is 23.2 Å². The van der Waals surface area contributed by atoms with E-state index in [-0.39, 0.29) is 12.1 Å². The number of benzene rings is 2. The SMILES string of the molecule is COc1ccc(Cl)cc1NC(=O)c1cccn(Cc2ccc(C(F)(F)F)cc2)c1=O. The van der Waals surface area contributed by atoms with Crippen molar-refractivity contribution < 1.29 is 22.7 Å². The van der Waals surface area contributed by atoms with Crippen LogP contribution in [0.3, 0.4) is 0 Å². The maximum absolute atomic E-state index is 12.7. The molecule has 0 saturated carbocycles. The van der Waals surface area contributed by atoms with Crippen LogP contribution >= 0.6 is 11.6 Å². The van der Waals surface area contributed by atoms with Gasteiger partial charge in [-0.1, -0.05) is 23.7 Å². The summed E-state index contributed by atoms with van der Waals surface area (Å²) in [5, 5.41) is 2.96. The molecule has 0 aliphatic carbocycles. The summed E-state index contributed by atoms with van der Waals surface area (Å²) in [7, 11) is 1.43. The van der Waals surface area contributed by atoms with E-state index in [1.54, 1.807) is 12.1 Å². The number of nitrogens with zero attached hydrogens (tertiary/aromatic N) is 1. The molecule has 0 saturated heterocycles. The van der Waals surface area contributed by atoms with Gasteiger partial charge in [-0.3, -0.25) is 9.59 Å². The highest BCUT2D eigenvalue weighted by Gasteiger charge is 2.29. The van der Waals surface area contributed by atoms with E-state index in [2.05, 4.69) is 5.32 Å². The van der Waals surface area contributed by atoms with E-state index >= 15 is 0 Å². The van der Waals surface area contributed by atoms with Crippen molar-refractivity contribution in [2.24, 2.45) is 0 Å². The van der Waals surface area contributed by atoms with Crippen LogP contribution in [-0.2, 0) is 12.7 Å². The number of amides is 1. The van der Waals surface area contributed by atoms with E-state index in [1.165, 1.54) is 48.2 Å². The molecule has 3 rings (SSSR count). The quantitative estimate of drug-likeness (QED) is 0.623. The van der Waals surface area contributed by atoms with Gasteiger partial charge in [-0.25, -0.2) is 0 Å². The molecule has 0 radical (unpaired) electrons. The maximum atomic E-state index is 12.7. The highest BCUT2D eigenvalue weighted by atomic mass is 35.5. The fourth-order valence-electron chi connectivity index (χ4n) is 2.80. The van der Waals surface area contributed by atoms with Crippen molar-refractivity contribution in [3.05, 3.63) is 92.9 Å². The minimum atomic E-state index is -4.44. The van der Waals surface area contributed by atoms with Gasteiger partial charge >= 0.3 is 6.18 Å². The van der Waals surface area contributed by atoms with Crippen LogP contribution in [0.2, 0.25) is 5.02 Å². The van der Waals surface area contributed by atoms with Gasteiger partial charge in [-0.15, -0.1) is 0 Å². The standard InChI is InChI=1S/C21H16ClF3N2O3/c1-30-18-9-8-15(22)11-17(18)26-19(28)16-3-2-10-27(20(16)29)12-13-4-6-14(7-5-13)21(23,24)25/h2-11H,12H2,1H3,(H,26,28). The molecule has 3 aromatic rings. The van der Waals surface area contributed by atoms with Crippen LogP contribution < -0.4 is 15.6 Å². The Morgan fingerprint density at radius 3 is 2.47 bits per heavy atom. The number of halogens is 4. The number of methoxy groups -OCH3 is 1. The summed E-state index contributed by atoms with van der Waals surface area (Å²) in [6.45, 7) is 0.0125. The first-order valence-corrected chi connectivity index (χ1v) is 9.07. The molecule has 0 spiro atoms. The molecule has 2 aromatic carbocycles. The topological polar surface area (TPSA) is 60.3 Å². The molecule has 0 bridgehead atoms. The molecule has 1 heterocycles. The molecular formula is C21H16ClF3N2O3. The normalized spacial score (nSPS) is 11.2. The molecule has 0 aliphatic rings. The number of carbonyl (C=O) groups excluding carboxylic acids is 1. The van der Waals surface area contributed by atoms with Gasteiger partial charge in [-0.05, 0) is 48.0 Å². The van der Waals surface area contributed by atoms with Gasteiger partial charge in [0.25, 0.3) is 11.5 Å². The van der Waals surface area contributed by atoms with Crippen molar-refractivity contribution in [2.75, 3.05) is 12.4 Å². The van der Waals surface area contributed by atoms with Crippen LogP contribution in [-0.4, -0.2) is 17.6 Å². The molecule has 0 atom stereocenters. The fraction of sp³-hybridized carbons (Fsp3) is 0.143. The van der Waals surface area contributed by atoms with Crippen molar-refractivity contribution >= 4 is 23.2 Å². The molecule has 0 aliphatic heterocycles. The highest BCUT2D eigenvalue weighted by Crippen LogP contribution is 2.29. The maximum Gasteiger partial charge on any atom is 0.416 e. The summed E-state index contributed by atoms with van der Waals surface area (Å²) in [6, 6.07) is 12.0. The second-order valence-corrected chi connectivity index (χ2v) is 6.78. The molecule has 0 unspecified atom stereocenters. The number of alkyl halides is 3. The van der Waals surface area contributed by atoms with Crippen LogP contribution in [0.25, 0.3) is 0 Å². The largest absolute Gasteiger partial charge is 0.495 e. The number of anilines is 1. The van der Waals surface area contributed by atoms with Gasteiger partial charge in [0.1, 0.15) is 11.3 Å². The van der Waals surface area contributed by atoms with E-state index in [1.807, 2.05) is 0 Å². The summed E-state index contributed by atoms with van der Waals surface area (Å²) in [5.41, 5.74) is -0.712. The summed E-state index contributed by atoms with van der Waals surface area (Å²) < 4.78 is 44.5. The van der Waals surface area contributed by atoms with Gasteiger partial charge in [0.2, 0.25) is 0 Å². The van der Waals surface area contributed by atoms with Crippen LogP contribution in [0.1, 0.15) is 21.5 Å². The second-order valence-electron chi connectivity index (χ2n) is 6.35. The predicted molar refractivity (Wildman–Crippen MR) is 107 cm³/mol. The Bertz CT molecular complexity index is 1130. The molecule has 1 N–H and O–H groups in total. The van der Waals surface area contributed by atoms with Gasteiger partial charge in [0.15, 0.2) is 0 Å². The molecule has 156 valence electrons. The highest BCUT2D eigenvalue weighted by molar-refractivity contribution is 6.31. The van der Waals surface area contributed by atoms with Crippen molar-refractivity contribution in [3.63, 3.8) is 0 Å². The van der Waals surface area contributed by atoms with Gasteiger partial charge < -0.3 is 14.6 Å². The lowest BCUT2D eigenvalue weighted by Crippen LogP contribution is -2.29. The van der Waals surface area contributed by atoms with Crippen LogP contribution in [0.15, 0.2) is 65.6 Å². The van der Waals surface area contributed by atoms with E-state index in [0.29, 0.717) is 22.0 Å². The summed E-state index contributed by atoms with van der Waals surface area (Å²) in [4.78, 5) is 25.3. The van der Waals surface area contributed by atoms with Crippen LogP contribution in [0, 0.1) is 0 Å². The number of carbonyl (C=O) groups is 1. The fourth-order valence-corrected chi connectivity index (χ4v) is 2.97. The number of rotatable bonds is 5. The van der Waals surface area contributed by atoms with Crippen molar-refractivity contribution in [1.29, 1.82) is 0 Å². The smallest absolute Gasteiger partial charge is 0.416 e. The summed E-state index contributed by atoms with van der Waals surface area (Å²) in [6.07, 6.45) is -2.98. The molecule has 9 heteroatoms. The first-order valence-electron chi connectivity index (χ1n) is 8.69. The first kappa shape index (κ1) is 21.4. The summed E-state index contributed by atoms with van der Waals surface area (Å²) in [5.74, 6) is -0.295. The number of pyridine rings is 1. The number of hydrogen-bond donors (Lipinski definition) is 1. The monoisotopic (exact) mass is 436 g/mol. The Morgan fingerprint density at radius 1 is 1.13 bits per heavy atom. The Morgan fingerprint density at radius 2 is 1.83 bits per heavy atom. The number of aromatic nitrogens is 1. The molecule has 30 heavy (non-hydrogen) atoms. The average Bonchev–Trinajstić information content (AvgIpc) is 2.69. The Balaban J connectivity index is 1.84. The number of nitrogens with one attached hydrogen (secondary N) is 1. The van der Waals surface area contributed by atoms with Crippen molar-refractivity contribution in [3.8, 4) is 5.75 Å². The van der Waals surface area contributed by atoms with Crippen molar-refractivity contribution in [1.82, 2.24) is 4.57 Å². The Labute approximate surface area is 174 Å². The van der Waals surface area contributed by atoms with Gasteiger partial charge in [0.05, 0.1) is 24.9 Å². The zero-order valence-electron chi connectivity index (χ0n) is 15.7. The minimum absolute atomic E-state index is 0.0125. The predicted octanol–water partition coefficient (Wildman–Crippen LogP) is 4.83. The lowest BCUT2D eigenvalue weighted by atomic mass is 10.1. The molecule has 5 nitrogen and oxygen atoms in total. The zero-order valence-corrected chi connectivity index (χ0v) is 16.4. The van der Waals surface area contributed by atoms with Crippen molar-refractivity contribution in [2.45, 2.75) is 12.7 Å². The number of ether oxygens (including phenoxy) is 1. The second kappa shape index (κ2) is 8.62. The third-order valence-corrected chi connectivity index (χ3v) is 4.54. The molecule has 1 amide bonds. The Hall–Kier alpha value is -3.26. The summed E-state index contributed by atoms with van der Waals surface area (Å²) >= 11 is 5.95. The van der Waals surface area contributed by atoms with Crippen LogP contribution in [0.5, 0.6) is 5.75 Å². The minimum Gasteiger partial charge on any atom is -0.495 e. The van der Waals surface area contributed by atoms with Crippen LogP contribution in [0.4, 0.5) is 18.9 Å². The first-order chi connectivity index (χ1) is 14.2. The average molecular weight is 437 g/mol. The molecular weight excluding hydrogens is 421 g/mol. The Kier molecular flexibility index (Phi) is 6.17. The lowest BCUT2D eigenvalue weighted by molar-refractivity contribution is -0.137. The van der Waals surface area contributed by atoms with Gasteiger partial charge in [-0.2, -0.15) is 13.2 Å². The number of hydrogen-bond acceptors (Lipinski definition) is 3. The third-order valence-electron chi connectivity index (χ3n) is 4.31. The zero-order chi connectivity index (χ0) is 21.9. The lowest BCUT2D eigenvalue weighted by Gasteiger charge is -2.12. The van der Waals surface area contributed by atoms with E-state index in [0.717, 1.165) is 12.1 Å². The van der Waals surface area contributed by atoms with E-state index in [4.69, 9.17) is 16.3 Å². The molecule has 0 fully saturated rings. The van der Waals surface area contributed by atoms with Gasteiger partial charge in [0, 0.05) is 11.2 Å². The third kappa shape index (κ3) is 4.83. The van der Waals surface area contributed by atoms with E-state index in [9.17, 15) is 22.8 Å².